The van der Waals surface area contributed by atoms with Gasteiger partial charge >= 0.3 is 0 Å². The van der Waals surface area contributed by atoms with Crippen molar-refractivity contribution in [1.29, 1.82) is 0 Å². The maximum Gasteiger partial charge on any atom is 0.258 e. The Balaban J connectivity index is 0.000000105. The van der Waals surface area contributed by atoms with Crippen molar-refractivity contribution in [2.24, 2.45) is 0 Å². The number of piperazine rings is 4. The van der Waals surface area contributed by atoms with Crippen molar-refractivity contribution < 1.29 is 0 Å². The van der Waals surface area contributed by atoms with E-state index in [0.717, 1.165) is 189 Å². The summed E-state index contributed by atoms with van der Waals surface area (Å²) in [5.74, 6) is 0. The van der Waals surface area contributed by atoms with Crippen molar-refractivity contribution in [3.05, 3.63) is 320 Å². The first-order valence-corrected chi connectivity index (χ1v) is 52.1. The van der Waals surface area contributed by atoms with E-state index in [-0.39, 0.29) is 27.8 Å². The maximum atomic E-state index is 13.0. The van der Waals surface area contributed by atoms with E-state index in [1.807, 2.05) is 216 Å². The lowest BCUT2D eigenvalue weighted by molar-refractivity contribution is 0.231. The minimum absolute atomic E-state index is 0.0978. The standard InChI is InChI=1S/C23H23ClN6O.2C22H23ClN6O.2C21H21ClN6O/c1-15-11-29-12-16(9-19(24)23(29)25-15)20-10-22(31)30-14-18(4-5-21(30)26-20)28-8-7-27-6-2-3-17(27)13-28;1-13-8-27(9-14(2)24-13)17-4-5-20-26-19(7-21(30)29(20)12-17)16-6-18(23)22-25-15(3)10-28(22)11-16;1-15-12-28-13-16(10-18(23)22(28)24-15)19-11-21(30)29-14-17(4-5-20(29)25-19)27-7-3-6-26(2)8-9-27;2*1-13-9-26(6-5-23-13)16-3-4-19-25-18(8-20(29)28(19)12-16)15-7-17(22)21-24-14(2)10-27(21)11-15/h4-5,9-12,14,17H,2-3,6-8,13H2,1H3;4-7,10-14,24H,8-9H2,1-3H3;4-5,10-14H,3,6-9H2,1-2H3;2*3-4,7-8,10-13,23H,5-6,9H2,1-2H3/t17-;13-,14+;;2*13-/m1..10/s1. The van der Waals surface area contributed by atoms with Gasteiger partial charge in [0.1, 0.15) is 28.2 Å². The van der Waals surface area contributed by atoms with Crippen LogP contribution in [0, 0.1) is 34.6 Å². The number of aromatic nitrogens is 20. The van der Waals surface area contributed by atoms with E-state index in [0.29, 0.717) is 140 Å². The van der Waals surface area contributed by atoms with Crippen molar-refractivity contribution in [2.75, 3.05) is 136 Å². The Morgan fingerprint density at radius 3 is 0.866 bits per heavy atom. The van der Waals surface area contributed by atoms with E-state index < -0.39 is 0 Å². The lowest BCUT2D eigenvalue weighted by atomic mass is 10.1. The summed E-state index contributed by atoms with van der Waals surface area (Å²) in [5, 5.41) is 13.1. The molecule has 3 N–H and O–H groups in total. The molecule has 35 nitrogen and oxygen atoms in total. The third-order valence-corrected chi connectivity index (χ3v) is 29.7. The van der Waals surface area contributed by atoms with Crippen molar-refractivity contribution in [2.45, 2.75) is 112 Å². The van der Waals surface area contributed by atoms with E-state index in [4.69, 9.17) is 82.9 Å². The van der Waals surface area contributed by atoms with Gasteiger partial charge in [-0.05, 0) is 193 Å². The molecule has 6 aliphatic rings. The fourth-order valence-electron chi connectivity index (χ4n) is 21.1. The highest BCUT2D eigenvalue weighted by atomic mass is 35.5. The van der Waals surface area contributed by atoms with E-state index >= 15 is 0 Å². The number of anilines is 5. The van der Waals surface area contributed by atoms with Gasteiger partial charge in [0.15, 0.2) is 28.2 Å². The number of hydrogen-bond acceptors (Lipinski definition) is 25. The van der Waals surface area contributed by atoms with E-state index in [1.165, 1.54) is 19.4 Å². The van der Waals surface area contributed by atoms with Gasteiger partial charge < -0.3 is 67.4 Å². The molecule has 762 valence electrons. The smallest absolute Gasteiger partial charge is 0.258 e. The average Bonchev–Trinajstić information content (AvgIpc) is 1.56. The summed E-state index contributed by atoms with van der Waals surface area (Å²) in [6, 6.07) is 38.9. The van der Waals surface area contributed by atoms with Gasteiger partial charge in [0.25, 0.3) is 27.8 Å². The molecule has 20 aromatic rings. The molecule has 0 bridgehead atoms. The topological polar surface area (TPSA) is 317 Å². The van der Waals surface area contributed by atoms with Gasteiger partial charge in [-0.1, -0.05) is 58.0 Å². The van der Waals surface area contributed by atoms with Crippen LogP contribution in [0.15, 0.2) is 238 Å². The summed E-state index contributed by atoms with van der Waals surface area (Å²) >= 11 is 32.0. The van der Waals surface area contributed by atoms with Gasteiger partial charge in [0.2, 0.25) is 0 Å². The molecule has 6 saturated heterocycles. The number of nitrogens with one attached hydrogen (secondary N) is 3. The second-order valence-electron chi connectivity index (χ2n) is 39.8. The van der Waals surface area contributed by atoms with Crippen LogP contribution in [0.2, 0.25) is 25.1 Å². The molecule has 0 amide bonds. The zero-order valence-corrected chi connectivity index (χ0v) is 87.8. The number of fused-ring (bicyclic) bond motifs is 11. The second kappa shape index (κ2) is 41.2. The fraction of sp³-hybridized carbons (Fsp3) is 0.312. The molecule has 0 aliphatic carbocycles. The Morgan fingerprint density at radius 1 is 0.275 bits per heavy atom. The van der Waals surface area contributed by atoms with E-state index in [1.54, 1.807) is 70.5 Å². The minimum atomic E-state index is -0.119. The van der Waals surface area contributed by atoms with E-state index in [9.17, 15) is 24.0 Å². The molecule has 0 aromatic carbocycles. The molecule has 0 radical (unpaired) electrons. The normalized spacial score (nSPS) is 17.9. The molecule has 0 unspecified atom stereocenters. The summed E-state index contributed by atoms with van der Waals surface area (Å²) in [6.45, 7) is 34.0. The number of nitrogens with zero attached hydrogens (tertiary/aromatic N) is 27. The second-order valence-corrected chi connectivity index (χ2v) is 41.9. The number of halogens is 5. The van der Waals surface area contributed by atoms with Crippen molar-refractivity contribution in [3.8, 4) is 56.3 Å². The van der Waals surface area contributed by atoms with Crippen molar-refractivity contribution in [1.82, 2.24) is 120 Å². The first-order valence-electron chi connectivity index (χ1n) is 50.2. The van der Waals surface area contributed by atoms with Gasteiger partial charge in [-0.25, -0.2) is 49.8 Å². The number of likely N-dealkylation sites (N-methyl/N-ethyl adjacent to an activating group) is 1. The molecule has 20 aromatic heterocycles. The monoisotopic (exact) mass is 2090 g/mol. The molecule has 0 saturated carbocycles. The lowest BCUT2D eigenvalue weighted by Crippen LogP contribution is -2.54. The molecular formula is C109H111Cl5N30O5. The Morgan fingerprint density at radius 2 is 0.557 bits per heavy atom. The summed E-state index contributed by atoms with van der Waals surface area (Å²) in [7, 11) is 2.15. The Labute approximate surface area is 880 Å². The first-order chi connectivity index (χ1) is 71.8. The zero-order chi connectivity index (χ0) is 103. The summed E-state index contributed by atoms with van der Waals surface area (Å²) in [5.41, 5.74) is 22.5. The van der Waals surface area contributed by atoms with Crippen molar-refractivity contribution in [3.63, 3.8) is 0 Å². The highest BCUT2D eigenvalue weighted by molar-refractivity contribution is 6.35. The maximum absolute atomic E-state index is 13.0. The van der Waals surface area contributed by atoms with Crippen LogP contribution < -0.4 is 68.2 Å². The first kappa shape index (κ1) is 99.1. The number of imidazole rings is 5. The quantitative estimate of drug-likeness (QED) is 0.114. The summed E-state index contributed by atoms with van der Waals surface area (Å²) < 4.78 is 17.4. The van der Waals surface area contributed by atoms with Gasteiger partial charge in [-0.3, -0.25) is 50.9 Å². The van der Waals surface area contributed by atoms with Gasteiger partial charge in [-0.15, -0.1) is 0 Å². The summed E-state index contributed by atoms with van der Waals surface area (Å²) in [6.07, 6.45) is 32.2. The Bertz CT molecular complexity index is 8760. The highest BCUT2D eigenvalue weighted by Crippen LogP contribution is 2.35. The molecule has 6 aliphatic heterocycles. The molecular weight excluding hydrogens is 1990 g/mol. The fourth-order valence-corrected chi connectivity index (χ4v) is 22.4. The van der Waals surface area contributed by atoms with Crippen LogP contribution in [0.1, 0.15) is 75.4 Å². The van der Waals surface area contributed by atoms with Gasteiger partial charge in [0.05, 0.1) is 110 Å². The SMILES string of the molecule is Cc1cn2cc(-c3cc(=O)n4cc(N5CCCN(C)CC5)ccc4n3)cc(Cl)c2n1.Cc1cn2cc(-c3cc(=O)n4cc(N5CCN6CCC[C@@H]6C5)ccc4n3)cc(Cl)c2n1.Cc1cn2cc(-c3cc(=O)n4cc(N5CCN[C@@H](C)C5)ccc4n3)cc(Cl)c2n1.Cc1cn2cc(-c3cc(=O)n4cc(N5CCN[C@H](C)C5)ccc4n3)cc(Cl)c2n1.Cc1cn2cc(-c3cc(=O)n4cc(N5C[C@@H](C)N[C@@H](C)C5)ccc4n3)cc(Cl)c2n1. The largest absolute Gasteiger partial charge is 0.369 e. The predicted octanol–water partition coefficient (Wildman–Crippen LogP) is 15.1. The number of hydrogen-bond donors (Lipinski definition) is 3. The zero-order valence-electron chi connectivity index (χ0n) is 84.0. The predicted molar refractivity (Wildman–Crippen MR) is 592 cm³/mol. The van der Waals surface area contributed by atoms with Crippen LogP contribution in [-0.2, 0) is 0 Å². The number of rotatable bonds is 10. The van der Waals surface area contributed by atoms with E-state index in [2.05, 4.69) is 116 Å². The molecule has 26 rings (SSSR count). The van der Waals surface area contributed by atoms with Crippen LogP contribution in [-0.4, -0.2) is 246 Å². The Kier molecular flexibility index (Phi) is 27.4. The molecule has 26 heterocycles. The molecule has 40 heteroatoms. The molecule has 5 atom stereocenters. The molecule has 6 fully saturated rings. The van der Waals surface area contributed by atoms with Crippen LogP contribution in [0.4, 0.5) is 28.4 Å². The van der Waals surface area contributed by atoms with Crippen LogP contribution in [0.3, 0.4) is 0 Å². The summed E-state index contributed by atoms with van der Waals surface area (Å²) in [4.78, 5) is 127. The minimum Gasteiger partial charge on any atom is -0.369 e. The van der Waals surface area contributed by atoms with Gasteiger partial charge in [0, 0.05) is 273 Å². The molecule has 0 spiro atoms. The highest BCUT2D eigenvalue weighted by Gasteiger charge is 2.32. The third kappa shape index (κ3) is 20.9. The average molecular weight is 2100 g/mol. The van der Waals surface area contributed by atoms with Crippen LogP contribution >= 0.6 is 58.0 Å². The number of aryl methyl sites for hydroxylation is 5. The van der Waals surface area contributed by atoms with Crippen molar-refractivity contribution >= 4 is 143 Å². The van der Waals surface area contributed by atoms with Crippen LogP contribution in [0.5, 0.6) is 0 Å². The third-order valence-electron chi connectivity index (χ3n) is 28.3. The molecule has 149 heavy (non-hydrogen) atoms. The number of pyridine rings is 10. The Hall–Kier alpha value is -14.5. The lowest BCUT2D eigenvalue weighted by Gasteiger charge is -2.38. The van der Waals surface area contributed by atoms with Crippen LogP contribution in [0.25, 0.3) is 113 Å². The van der Waals surface area contributed by atoms with Gasteiger partial charge in [-0.2, -0.15) is 0 Å².